The third kappa shape index (κ3) is 5.57. The molecule has 0 N–H and O–H groups in total. The monoisotopic (exact) mass is 774 g/mol. The van der Waals surface area contributed by atoms with Crippen molar-refractivity contribution in [3.63, 3.8) is 0 Å². The van der Waals surface area contributed by atoms with Crippen LogP contribution in [0.2, 0.25) is 0 Å². The maximum absolute atomic E-state index is 5.41. The number of aromatic nitrogens is 2. The summed E-state index contributed by atoms with van der Waals surface area (Å²) in [5, 5.41) is 7.01. The van der Waals surface area contributed by atoms with Crippen molar-refractivity contribution in [2.24, 2.45) is 0 Å². The summed E-state index contributed by atoms with van der Waals surface area (Å²) in [6.07, 6.45) is 0. The fraction of sp³-hybridized carbons (Fsp3) is 0.0169. The Hall–Kier alpha value is -7.94. The highest BCUT2D eigenvalue weighted by molar-refractivity contribution is 6.05. The molecule has 0 amide bonds. The van der Waals surface area contributed by atoms with Gasteiger partial charge in [0.2, 0.25) is 0 Å². The van der Waals surface area contributed by atoms with E-state index in [0.717, 1.165) is 38.9 Å². The Bertz CT molecular complexity index is 3430. The van der Waals surface area contributed by atoms with Crippen LogP contribution in [-0.4, -0.2) is 9.97 Å². The molecule has 1 aliphatic carbocycles. The Morgan fingerprint density at radius 1 is 0.279 bits per heavy atom. The molecule has 0 unspecified atom stereocenters. The number of fused-ring (bicyclic) bond motifs is 6. The molecule has 11 aromatic rings. The SMILES string of the molecule is c1ccc(C2(c3ccccc3)c3ccccc3-c3ccc(-c4ccc(-c5nc(-c6ccc7ccccc7c6)cc(-c6cccc7ccccc67)n5)c5ccccc45)cc32)cc1. The predicted octanol–water partition coefficient (Wildman–Crippen LogP) is 15.0. The van der Waals surface area contributed by atoms with Crippen molar-refractivity contribution in [2.45, 2.75) is 5.41 Å². The van der Waals surface area contributed by atoms with Crippen LogP contribution in [0.4, 0.5) is 0 Å². The molecule has 1 aromatic heterocycles. The summed E-state index contributed by atoms with van der Waals surface area (Å²) in [5.74, 6) is 0.702. The van der Waals surface area contributed by atoms with Crippen molar-refractivity contribution in [3.05, 3.63) is 253 Å². The van der Waals surface area contributed by atoms with Gasteiger partial charge < -0.3 is 0 Å². The van der Waals surface area contributed by atoms with Gasteiger partial charge in [-0.2, -0.15) is 0 Å². The molecule has 284 valence electrons. The summed E-state index contributed by atoms with van der Waals surface area (Å²) in [4.78, 5) is 10.8. The topological polar surface area (TPSA) is 25.8 Å². The van der Waals surface area contributed by atoms with Crippen molar-refractivity contribution in [1.29, 1.82) is 0 Å². The largest absolute Gasteiger partial charge is 0.228 e. The lowest BCUT2D eigenvalue weighted by atomic mass is 9.67. The molecule has 0 saturated heterocycles. The third-order valence-electron chi connectivity index (χ3n) is 12.8. The van der Waals surface area contributed by atoms with Crippen LogP contribution in [0.5, 0.6) is 0 Å². The second kappa shape index (κ2) is 14.1. The Morgan fingerprint density at radius 2 is 0.820 bits per heavy atom. The Morgan fingerprint density at radius 3 is 1.61 bits per heavy atom. The van der Waals surface area contributed by atoms with Crippen LogP contribution in [0.15, 0.2) is 231 Å². The standard InChI is InChI=1S/C59H38N2/c1-3-20-44(21-4-1)59(45-22-5-2-6-23-45)54-29-14-13-27-50(54)51-33-32-42(37-55(51)59)47-34-35-53(49-26-12-11-25-48(47)49)58-60-56(43-31-30-39-16-7-8-18-41(39)36-43)38-57(61-58)52-28-15-19-40-17-9-10-24-46(40)52/h1-38H. The molecule has 0 fully saturated rings. The van der Waals surface area contributed by atoms with Gasteiger partial charge in [0, 0.05) is 16.7 Å². The highest BCUT2D eigenvalue weighted by atomic mass is 14.9. The van der Waals surface area contributed by atoms with E-state index in [4.69, 9.17) is 9.97 Å². The number of benzene rings is 10. The van der Waals surface area contributed by atoms with Crippen LogP contribution < -0.4 is 0 Å². The molecule has 61 heavy (non-hydrogen) atoms. The molecule has 0 bridgehead atoms. The first kappa shape index (κ1) is 35.0. The molecule has 0 radical (unpaired) electrons. The summed E-state index contributed by atoms with van der Waals surface area (Å²) in [6, 6.07) is 83.6. The zero-order chi connectivity index (χ0) is 40.3. The quantitative estimate of drug-likeness (QED) is 0.168. The predicted molar refractivity (Wildman–Crippen MR) is 254 cm³/mol. The first-order chi connectivity index (χ1) is 30.2. The van der Waals surface area contributed by atoms with E-state index in [-0.39, 0.29) is 0 Å². The normalized spacial score (nSPS) is 12.7. The van der Waals surface area contributed by atoms with Gasteiger partial charge in [0.25, 0.3) is 0 Å². The third-order valence-corrected chi connectivity index (χ3v) is 12.8. The van der Waals surface area contributed by atoms with E-state index < -0.39 is 5.41 Å². The van der Waals surface area contributed by atoms with Crippen LogP contribution in [-0.2, 0) is 5.41 Å². The van der Waals surface area contributed by atoms with Gasteiger partial charge in [-0.25, -0.2) is 9.97 Å². The number of rotatable bonds is 6. The molecule has 1 heterocycles. The van der Waals surface area contributed by atoms with Gasteiger partial charge in [-0.3, -0.25) is 0 Å². The number of nitrogens with zero attached hydrogens (tertiary/aromatic N) is 2. The lowest BCUT2D eigenvalue weighted by Crippen LogP contribution is -2.28. The Balaban J connectivity index is 1.07. The number of hydrogen-bond acceptors (Lipinski definition) is 2. The fourth-order valence-electron chi connectivity index (χ4n) is 10.0. The molecule has 0 atom stereocenters. The maximum atomic E-state index is 5.41. The summed E-state index contributed by atoms with van der Waals surface area (Å²) < 4.78 is 0. The second-order valence-electron chi connectivity index (χ2n) is 16.0. The molecule has 12 rings (SSSR count). The van der Waals surface area contributed by atoms with Crippen molar-refractivity contribution in [3.8, 4) is 56.2 Å². The molecule has 2 nitrogen and oxygen atoms in total. The lowest BCUT2D eigenvalue weighted by Gasteiger charge is -2.34. The van der Waals surface area contributed by atoms with Crippen molar-refractivity contribution < 1.29 is 0 Å². The van der Waals surface area contributed by atoms with Crippen molar-refractivity contribution in [1.82, 2.24) is 9.97 Å². The fourth-order valence-corrected chi connectivity index (χ4v) is 10.0. The van der Waals surface area contributed by atoms with Gasteiger partial charge in [0.15, 0.2) is 5.82 Å². The first-order valence-electron chi connectivity index (χ1n) is 21.0. The van der Waals surface area contributed by atoms with Gasteiger partial charge in [-0.1, -0.05) is 206 Å². The summed E-state index contributed by atoms with van der Waals surface area (Å²) >= 11 is 0. The zero-order valence-corrected chi connectivity index (χ0v) is 33.3. The smallest absolute Gasteiger partial charge is 0.161 e. The first-order valence-corrected chi connectivity index (χ1v) is 21.0. The van der Waals surface area contributed by atoms with E-state index in [1.54, 1.807) is 0 Å². The molecule has 10 aromatic carbocycles. The molecular formula is C59H38N2. The van der Waals surface area contributed by atoms with E-state index in [9.17, 15) is 0 Å². The molecule has 0 saturated carbocycles. The molecule has 0 aliphatic heterocycles. The van der Waals surface area contributed by atoms with E-state index in [0.29, 0.717) is 5.82 Å². The minimum absolute atomic E-state index is 0.477. The van der Waals surface area contributed by atoms with Gasteiger partial charge in [0.1, 0.15) is 0 Å². The lowest BCUT2D eigenvalue weighted by molar-refractivity contribution is 0.769. The highest BCUT2D eigenvalue weighted by Crippen LogP contribution is 2.57. The highest BCUT2D eigenvalue weighted by Gasteiger charge is 2.46. The number of hydrogen-bond donors (Lipinski definition) is 0. The molecule has 1 aliphatic rings. The van der Waals surface area contributed by atoms with Crippen LogP contribution in [0.25, 0.3) is 88.5 Å². The Kier molecular flexibility index (Phi) is 8.11. The van der Waals surface area contributed by atoms with E-state index >= 15 is 0 Å². The summed E-state index contributed by atoms with van der Waals surface area (Å²) in [5.41, 5.74) is 14.5. The van der Waals surface area contributed by atoms with Gasteiger partial charge in [-0.15, -0.1) is 0 Å². The van der Waals surface area contributed by atoms with Gasteiger partial charge in [-0.05, 0) is 101 Å². The molecule has 2 heteroatoms. The van der Waals surface area contributed by atoms with E-state index in [1.165, 1.54) is 66.1 Å². The zero-order valence-electron chi connectivity index (χ0n) is 33.3. The minimum Gasteiger partial charge on any atom is -0.228 e. The van der Waals surface area contributed by atoms with Crippen LogP contribution in [0.1, 0.15) is 22.3 Å². The Labute approximate surface area is 355 Å². The second-order valence-corrected chi connectivity index (χ2v) is 16.0. The van der Waals surface area contributed by atoms with E-state index in [2.05, 4.69) is 231 Å². The van der Waals surface area contributed by atoms with Crippen molar-refractivity contribution in [2.75, 3.05) is 0 Å². The average molecular weight is 775 g/mol. The molecular weight excluding hydrogens is 737 g/mol. The minimum atomic E-state index is -0.477. The average Bonchev–Trinajstić information content (AvgIpc) is 3.64. The van der Waals surface area contributed by atoms with Crippen LogP contribution in [0, 0.1) is 0 Å². The molecule has 0 spiro atoms. The van der Waals surface area contributed by atoms with Crippen LogP contribution >= 0.6 is 0 Å². The summed E-state index contributed by atoms with van der Waals surface area (Å²) in [6.45, 7) is 0. The van der Waals surface area contributed by atoms with Crippen molar-refractivity contribution >= 4 is 32.3 Å². The maximum Gasteiger partial charge on any atom is 0.161 e. The van der Waals surface area contributed by atoms with Gasteiger partial charge in [0.05, 0.1) is 16.8 Å². The van der Waals surface area contributed by atoms with Crippen LogP contribution in [0.3, 0.4) is 0 Å². The summed E-state index contributed by atoms with van der Waals surface area (Å²) in [7, 11) is 0. The van der Waals surface area contributed by atoms with E-state index in [1.807, 2.05) is 0 Å². The van der Waals surface area contributed by atoms with Gasteiger partial charge >= 0.3 is 0 Å².